The number of amides is 2. The maximum atomic E-state index is 14.2. The average molecular weight is 436 g/mol. The third kappa shape index (κ3) is 5.12. The molecule has 7 nitrogen and oxygen atoms in total. The van der Waals surface area contributed by atoms with Crippen molar-refractivity contribution in [2.75, 3.05) is 17.3 Å². The monoisotopic (exact) mass is 436 g/mol. The number of methoxy groups -OCH3 is 1. The molecule has 2 amide bonds. The van der Waals surface area contributed by atoms with Crippen LogP contribution in [-0.4, -0.2) is 23.9 Å². The molecule has 3 aromatic rings. The fourth-order valence-electron chi connectivity index (χ4n) is 2.65. The summed E-state index contributed by atoms with van der Waals surface area (Å²) in [6.45, 7) is 1.30. The molecule has 0 atom stereocenters. The number of benzene rings is 2. The first-order chi connectivity index (χ1) is 14.9. The first kappa shape index (κ1) is 21.7. The van der Waals surface area contributed by atoms with Gasteiger partial charge in [-0.1, -0.05) is 12.1 Å². The highest BCUT2D eigenvalue weighted by molar-refractivity contribution is 7.14. The van der Waals surface area contributed by atoms with Crippen LogP contribution in [0.1, 0.15) is 12.6 Å². The molecule has 0 unspecified atom stereocenters. The summed E-state index contributed by atoms with van der Waals surface area (Å²) >= 11 is 1.09. The lowest BCUT2D eigenvalue weighted by Gasteiger charge is -2.18. The van der Waals surface area contributed by atoms with Crippen molar-refractivity contribution in [3.63, 3.8) is 0 Å². The van der Waals surface area contributed by atoms with Crippen molar-refractivity contribution in [2.24, 2.45) is 0 Å². The van der Waals surface area contributed by atoms with Crippen molar-refractivity contribution in [1.29, 1.82) is 5.26 Å². The van der Waals surface area contributed by atoms with Gasteiger partial charge in [0, 0.05) is 18.0 Å². The van der Waals surface area contributed by atoms with Crippen LogP contribution in [0.5, 0.6) is 5.75 Å². The molecule has 0 radical (unpaired) electrons. The number of halogens is 1. The molecule has 156 valence electrons. The summed E-state index contributed by atoms with van der Waals surface area (Å²) in [6, 6.07) is 14.3. The Balaban J connectivity index is 1.84. The van der Waals surface area contributed by atoms with Crippen molar-refractivity contribution >= 4 is 45.7 Å². The van der Waals surface area contributed by atoms with Crippen LogP contribution < -0.4 is 15.0 Å². The minimum absolute atomic E-state index is 0.0673. The second-order valence-corrected chi connectivity index (χ2v) is 7.05. The molecule has 1 heterocycles. The number of nitriles is 1. The Kier molecular flexibility index (Phi) is 6.74. The Bertz CT molecular complexity index is 1180. The molecule has 0 saturated carbocycles. The Morgan fingerprint density at radius 3 is 2.55 bits per heavy atom. The van der Waals surface area contributed by atoms with Gasteiger partial charge < -0.3 is 10.1 Å². The van der Waals surface area contributed by atoms with Gasteiger partial charge in [0.1, 0.15) is 23.2 Å². The fourth-order valence-corrected chi connectivity index (χ4v) is 3.49. The molecule has 0 fully saturated rings. The lowest BCUT2D eigenvalue weighted by molar-refractivity contribution is -0.116. The number of anilines is 3. The van der Waals surface area contributed by atoms with Crippen LogP contribution in [0.4, 0.5) is 20.9 Å². The van der Waals surface area contributed by atoms with Gasteiger partial charge in [-0.3, -0.25) is 14.5 Å². The Morgan fingerprint density at radius 1 is 1.23 bits per heavy atom. The molecule has 1 aromatic heterocycles. The van der Waals surface area contributed by atoms with E-state index in [2.05, 4.69) is 10.3 Å². The molecule has 0 spiro atoms. The smallest absolute Gasteiger partial charge is 0.266 e. The quantitative estimate of drug-likeness (QED) is 0.453. The molecular formula is C22H17FN4O3S. The van der Waals surface area contributed by atoms with E-state index >= 15 is 0 Å². The Morgan fingerprint density at radius 2 is 1.94 bits per heavy atom. The molecule has 0 bridgehead atoms. The maximum absolute atomic E-state index is 14.2. The van der Waals surface area contributed by atoms with Crippen LogP contribution in [0.2, 0.25) is 0 Å². The van der Waals surface area contributed by atoms with Gasteiger partial charge >= 0.3 is 0 Å². The van der Waals surface area contributed by atoms with Crippen LogP contribution in [-0.2, 0) is 9.59 Å². The molecule has 0 aliphatic rings. The summed E-state index contributed by atoms with van der Waals surface area (Å²) < 4.78 is 19.2. The number of para-hydroxylation sites is 1. The van der Waals surface area contributed by atoms with Crippen LogP contribution in [0.15, 0.2) is 59.5 Å². The highest BCUT2D eigenvalue weighted by Gasteiger charge is 2.21. The standard InChI is InChI=1S/C22H17FN4O3S/c1-14(28)27(20-6-4-3-5-19(20)23)22-26-17(13-31-22)11-15(12-24)21(29)25-16-7-9-18(30-2)10-8-16/h3-11,13H,1-2H3,(H,25,29)/b15-11+. The molecule has 3 rings (SSSR count). The number of carbonyl (C=O) groups excluding carboxylic acids is 2. The highest BCUT2D eigenvalue weighted by Crippen LogP contribution is 2.31. The van der Waals surface area contributed by atoms with Gasteiger partial charge in [0.25, 0.3) is 5.91 Å². The summed E-state index contributed by atoms with van der Waals surface area (Å²) in [4.78, 5) is 30.0. The molecular weight excluding hydrogens is 419 g/mol. The van der Waals surface area contributed by atoms with Crippen LogP contribution >= 0.6 is 11.3 Å². The van der Waals surface area contributed by atoms with Crippen molar-refractivity contribution in [3.05, 3.63) is 71.0 Å². The van der Waals surface area contributed by atoms with Crippen LogP contribution in [0.25, 0.3) is 6.08 Å². The van der Waals surface area contributed by atoms with E-state index in [1.54, 1.807) is 35.7 Å². The summed E-state index contributed by atoms with van der Waals surface area (Å²) in [5.41, 5.74) is 0.683. The van der Waals surface area contributed by atoms with Crippen molar-refractivity contribution in [1.82, 2.24) is 4.98 Å². The van der Waals surface area contributed by atoms with Crippen molar-refractivity contribution in [3.8, 4) is 11.8 Å². The zero-order valence-corrected chi connectivity index (χ0v) is 17.4. The molecule has 0 saturated heterocycles. The van der Waals surface area contributed by atoms with E-state index in [1.165, 1.54) is 38.3 Å². The normalized spacial score (nSPS) is 10.8. The van der Waals surface area contributed by atoms with Crippen molar-refractivity contribution < 1.29 is 18.7 Å². The number of rotatable bonds is 6. The largest absolute Gasteiger partial charge is 0.497 e. The van der Waals surface area contributed by atoms with E-state index in [9.17, 15) is 19.2 Å². The predicted octanol–water partition coefficient (Wildman–Crippen LogP) is 4.52. The number of carbonyl (C=O) groups is 2. The molecule has 0 aliphatic carbocycles. The lowest BCUT2D eigenvalue weighted by Crippen LogP contribution is -2.23. The summed E-state index contributed by atoms with van der Waals surface area (Å²) in [7, 11) is 1.53. The van der Waals surface area contributed by atoms with Crippen molar-refractivity contribution in [2.45, 2.75) is 6.92 Å². The predicted molar refractivity (Wildman–Crippen MR) is 117 cm³/mol. The van der Waals surface area contributed by atoms with E-state index in [0.29, 0.717) is 17.1 Å². The van der Waals surface area contributed by atoms with Crippen LogP contribution in [0.3, 0.4) is 0 Å². The summed E-state index contributed by atoms with van der Waals surface area (Å²) in [5.74, 6) is -0.969. The first-order valence-corrected chi connectivity index (χ1v) is 9.89. The minimum atomic E-state index is -0.611. The van der Waals surface area contributed by atoms with E-state index in [-0.39, 0.29) is 16.4 Å². The SMILES string of the molecule is COc1ccc(NC(=O)/C(C#N)=C/c2csc(N(C(C)=O)c3ccccc3F)n2)cc1. The van der Waals surface area contributed by atoms with Gasteiger partial charge in [0.2, 0.25) is 5.91 Å². The zero-order chi connectivity index (χ0) is 22.4. The lowest BCUT2D eigenvalue weighted by atomic mass is 10.2. The average Bonchev–Trinajstić information content (AvgIpc) is 3.21. The summed E-state index contributed by atoms with van der Waals surface area (Å²) in [6.07, 6.45) is 1.30. The number of ether oxygens (including phenoxy) is 1. The van der Waals surface area contributed by atoms with E-state index in [0.717, 1.165) is 16.2 Å². The number of hydrogen-bond donors (Lipinski definition) is 1. The van der Waals surface area contributed by atoms with E-state index in [4.69, 9.17) is 4.74 Å². The van der Waals surface area contributed by atoms with Crippen LogP contribution in [0, 0.1) is 17.1 Å². The van der Waals surface area contributed by atoms with E-state index in [1.807, 2.05) is 6.07 Å². The Hall–Kier alpha value is -4.03. The number of thiazole rings is 1. The number of aromatic nitrogens is 1. The highest BCUT2D eigenvalue weighted by atomic mass is 32.1. The van der Waals surface area contributed by atoms with Gasteiger partial charge in [-0.15, -0.1) is 11.3 Å². The Labute approximate surface area is 182 Å². The fraction of sp³-hybridized carbons (Fsp3) is 0.0909. The molecule has 9 heteroatoms. The minimum Gasteiger partial charge on any atom is -0.497 e. The molecule has 2 aromatic carbocycles. The zero-order valence-electron chi connectivity index (χ0n) is 16.6. The second kappa shape index (κ2) is 9.65. The molecule has 1 N–H and O–H groups in total. The van der Waals surface area contributed by atoms with Gasteiger partial charge in [-0.25, -0.2) is 9.37 Å². The van der Waals surface area contributed by atoms with Gasteiger partial charge in [-0.05, 0) is 42.5 Å². The number of hydrogen-bond acceptors (Lipinski definition) is 6. The maximum Gasteiger partial charge on any atom is 0.266 e. The third-order valence-electron chi connectivity index (χ3n) is 4.11. The van der Waals surface area contributed by atoms with Gasteiger partial charge in [0.05, 0.1) is 18.5 Å². The topological polar surface area (TPSA) is 95.3 Å². The third-order valence-corrected chi connectivity index (χ3v) is 4.96. The summed E-state index contributed by atoms with van der Waals surface area (Å²) in [5, 5.41) is 13.8. The number of nitrogens with zero attached hydrogens (tertiary/aromatic N) is 3. The number of nitrogens with one attached hydrogen (secondary N) is 1. The molecule has 0 aliphatic heterocycles. The van der Waals surface area contributed by atoms with Gasteiger partial charge in [-0.2, -0.15) is 5.26 Å². The molecule has 31 heavy (non-hydrogen) atoms. The first-order valence-electron chi connectivity index (χ1n) is 9.01. The van der Waals surface area contributed by atoms with Gasteiger partial charge in [0.15, 0.2) is 5.13 Å². The second-order valence-electron chi connectivity index (χ2n) is 6.21. The van der Waals surface area contributed by atoms with E-state index < -0.39 is 17.6 Å².